The van der Waals surface area contributed by atoms with Crippen LogP contribution in [0.2, 0.25) is 0 Å². The second-order valence-corrected chi connectivity index (χ2v) is 6.58. The van der Waals surface area contributed by atoms with Crippen LogP contribution in [0.15, 0.2) is 53.3 Å². The van der Waals surface area contributed by atoms with Crippen LogP contribution in [-0.2, 0) is 11.3 Å². The maximum absolute atomic E-state index is 12.5. The van der Waals surface area contributed by atoms with Gasteiger partial charge in [0, 0.05) is 17.7 Å². The molecule has 7 nitrogen and oxygen atoms in total. The van der Waals surface area contributed by atoms with E-state index < -0.39 is 0 Å². The average Bonchev–Trinajstić information content (AvgIpc) is 2.71. The van der Waals surface area contributed by atoms with E-state index in [0.717, 1.165) is 23.9 Å². The predicted octanol–water partition coefficient (Wildman–Crippen LogP) is 3.19. The number of nitrogens with one attached hydrogen (secondary N) is 1. The molecule has 0 fully saturated rings. The Hall–Kier alpha value is -3.35. The van der Waals surface area contributed by atoms with E-state index in [2.05, 4.69) is 22.6 Å². The van der Waals surface area contributed by atoms with Gasteiger partial charge in [-0.25, -0.2) is 4.68 Å². The number of fused-ring (bicyclic) bond motifs is 1. The second-order valence-electron chi connectivity index (χ2n) is 6.58. The van der Waals surface area contributed by atoms with Crippen molar-refractivity contribution in [2.45, 2.75) is 39.2 Å². The van der Waals surface area contributed by atoms with Gasteiger partial charge in [0.25, 0.3) is 5.56 Å². The maximum atomic E-state index is 12.5. The Kier molecular flexibility index (Phi) is 6.26. The van der Waals surface area contributed by atoms with Crippen molar-refractivity contribution in [1.29, 1.82) is 0 Å². The monoisotopic (exact) mass is 378 g/mol. The minimum absolute atomic E-state index is 0.0366. The molecule has 0 aliphatic carbocycles. The van der Waals surface area contributed by atoms with E-state index in [-0.39, 0.29) is 23.8 Å². The van der Waals surface area contributed by atoms with E-state index in [1.165, 1.54) is 0 Å². The third-order valence-electron chi connectivity index (χ3n) is 4.42. The fourth-order valence-electron chi connectivity index (χ4n) is 2.85. The molecule has 0 radical (unpaired) electrons. The molecular weight excluding hydrogens is 356 g/mol. The van der Waals surface area contributed by atoms with Crippen molar-refractivity contribution < 1.29 is 9.59 Å². The van der Waals surface area contributed by atoms with Crippen LogP contribution in [0.1, 0.15) is 43.0 Å². The average molecular weight is 378 g/mol. The first-order chi connectivity index (χ1) is 13.6. The number of carbonyl (C=O) groups is 2. The van der Waals surface area contributed by atoms with Gasteiger partial charge in [0.05, 0.1) is 5.39 Å². The number of unbranched alkanes of at least 4 members (excludes halogenated alkanes) is 2. The molecule has 1 aromatic heterocycles. The molecule has 3 aromatic rings. The number of benzene rings is 2. The number of Topliss-reactive ketones (excluding diaryl/α,β-unsaturated/α-hetero) is 1. The molecule has 0 saturated heterocycles. The minimum atomic E-state index is -0.352. The molecule has 1 N–H and O–H groups in total. The van der Waals surface area contributed by atoms with Crippen molar-refractivity contribution in [2.75, 3.05) is 5.32 Å². The van der Waals surface area contributed by atoms with Crippen LogP contribution in [0.5, 0.6) is 0 Å². The van der Waals surface area contributed by atoms with Gasteiger partial charge in [0.15, 0.2) is 5.78 Å². The number of carbonyl (C=O) groups excluding carboxylic acids is 2. The van der Waals surface area contributed by atoms with Crippen molar-refractivity contribution >= 4 is 28.3 Å². The first kappa shape index (κ1) is 19.4. The Morgan fingerprint density at radius 1 is 1.04 bits per heavy atom. The van der Waals surface area contributed by atoms with Crippen LogP contribution in [0.4, 0.5) is 5.69 Å². The molecule has 0 aliphatic rings. The zero-order chi connectivity index (χ0) is 19.9. The third kappa shape index (κ3) is 4.68. The molecule has 2 aromatic carbocycles. The number of hydrogen-bond donors (Lipinski definition) is 1. The van der Waals surface area contributed by atoms with Gasteiger partial charge in [-0.15, -0.1) is 5.10 Å². The Bertz CT molecular complexity index is 1040. The lowest BCUT2D eigenvalue weighted by Crippen LogP contribution is -2.27. The molecule has 144 valence electrons. The second kappa shape index (κ2) is 9.03. The molecule has 28 heavy (non-hydrogen) atoms. The Morgan fingerprint density at radius 3 is 2.54 bits per heavy atom. The first-order valence-corrected chi connectivity index (χ1v) is 9.34. The molecule has 1 amide bonds. The highest BCUT2D eigenvalue weighted by Gasteiger charge is 2.12. The van der Waals surface area contributed by atoms with E-state index in [1.54, 1.807) is 48.5 Å². The van der Waals surface area contributed by atoms with Gasteiger partial charge < -0.3 is 5.32 Å². The molecular formula is C21H22N4O3. The lowest BCUT2D eigenvalue weighted by Gasteiger charge is -2.07. The summed E-state index contributed by atoms with van der Waals surface area (Å²) in [7, 11) is 0. The fourth-order valence-corrected chi connectivity index (χ4v) is 2.85. The third-order valence-corrected chi connectivity index (χ3v) is 4.42. The summed E-state index contributed by atoms with van der Waals surface area (Å²) < 4.78 is 1.06. The van der Waals surface area contributed by atoms with Gasteiger partial charge in [-0.1, -0.05) is 37.1 Å². The molecule has 0 spiro atoms. The number of aromatic nitrogens is 3. The minimum Gasteiger partial charge on any atom is -0.326 e. The molecule has 0 unspecified atom stereocenters. The smallest absolute Gasteiger partial charge is 0.278 e. The summed E-state index contributed by atoms with van der Waals surface area (Å²) >= 11 is 0. The van der Waals surface area contributed by atoms with E-state index in [9.17, 15) is 14.4 Å². The highest BCUT2D eigenvalue weighted by atomic mass is 16.2. The number of ketones is 1. The van der Waals surface area contributed by atoms with Gasteiger partial charge >= 0.3 is 0 Å². The molecule has 1 heterocycles. The highest BCUT2D eigenvalue weighted by molar-refractivity contribution is 5.97. The molecule has 7 heteroatoms. The van der Waals surface area contributed by atoms with Crippen molar-refractivity contribution in [3.05, 3.63) is 64.4 Å². The number of amides is 1. The van der Waals surface area contributed by atoms with Crippen molar-refractivity contribution in [3.8, 4) is 0 Å². The number of anilines is 1. The van der Waals surface area contributed by atoms with Gasteiger partial charge in [-0.2, -0.15) is 0 Å². The number of rotatable bonds is 8. The number of hydrogen-bond acceptors (Lipinski definition) is 5. The fraction of sp³-hybridized carbons (Fsp3) is 0.286. The summed E-state index contributed by atoms with van der Waals surface area (Å²) in [6.45, 7) is 1.89. The van der Waals surface area contributed by atoms with Gasteiger partial charge in [0.1, 0.15) is 12.1 Å². The van der Waals surface area contributed by atoms with Crippen LogP contribution >= 0.6 is 0 Å². The lowest BCUT2D eigenvalue weighted by molar-refractivity contribution is -0.116. The molecule has 0 atom stereocenters. The van der Waals surface area contributed by atoms with Crippen LogP contribution in [0, 0.1) is 0 Å². The normalized spacial score (nSPS) is 10.8. The lowest BCUT2D eigenvalue weighted by atomic mass is 10.1. The topological polar surface area (TPSA) is 93.9 Å². The molecule has 3 rings (SSSR count). The van der Waals surface area contributed by atoms with Crippen molar-refractivity contribution in [3.63, 3.8) is 0 Å². The standard InChI is InChI=1S/C21H22N4O3/c1-2-3-4-9-20(27)22-16-12-10-15(11-13-16)19(26)14-25-21(28)17-7-5-6-8-18(17)23-24-25/h5-8,10-13H,2-4,9,14H2,1H3,(H,22,27). The van der Waals surface area contributed by atoms with E-state index >= 15 is 0 Å². The zero-order valence-corrected chi connectivity index (χ0v) is 15.7. The van der Waals surface area contributed by atoms with Crippen LogP contribution in [-0.4, -0.2) is 26.7 Å². The largest absolute Gasteiger partial charge is 0.326 e. The van der Waals surface area contributed by atoms with Crippen LogP contribution < -0.4 is 10.9 Å². The van der Waals surface area contributed by atoms with Crippen molar-refractivity contribution in [1.82, 2.24) is 15.0 Å². The van der Waals surface area contributed by atoms with E-state index in [1.807, 2.05) is 0 Å². The molecule has 0 aliphatic heterocycles. The predicted molar refractivity (Wildman–Crippen MR) is 107 cm³/mol. The quantitative estimate of drug-likeness (QED) is 0.480. The highest BCUT2D eigenvalue weighted by Crippen LogP contribution is 2.12. The molecule has 0 bridgehead atoms. The van der Waals surface area contributed by atoms with Gasteiger partial charge in [-0.3, -0.25) is 14.4 Å². The Morgan fingerprint density at radius 2 is 1.79 bits per heavy atom. The first-order valence-electron chi connectivity index (χ1n) is 9.34. The summed E-state index contributed by atoms with van der Waals surface area (Å²) in [6.07, 6.45) is 3.44. The summed E-state index contributed by atoms with van der Waals surface area (Å²) in [4.78, 5) is 36.8. The van der Waals surface area contributed by atoms with E-state index in [0.29, 0.717) is 28.6 Å². The van der Waals surface area contributed by atoms with Gasteiger partial charge in [-0.05, 0) is 42.8 Å². The number of nitrogens with zero attached hydrogens (tertiary/aromatic N) is 3. The zero-order valence-electron chi connectivity index (χ0n) is 15.7. The van der Waals surface area contributed by atoms with Crippen LogP contribution in [0.25, 0.3) is 10.9 Å². The van der Waals surface area contributed by atoms with E-state index in [4.69, 9.17) is 0 Å². The SMILES string of the molecule is CCCCCC(=O)Nc1ccc(C(=O)Cn2nnc3ccccc3c2=O)cc1. The Balaban J connectivity index is 1.66. The van der Waals surface area contributed by atoms with Gasteiger partial charge in [0.2, 0.25) is 5.91 Å². The summed E-state index contributed by atoms with van der Waals surface area (Å²) in [6, 6.07) is 13.5. The maximum Gasteiger partial charge on any atom is 0.278 e. The summed E-state index contributed by atoms with van der Waals surface area (Å²) in [5.41, 5.74) is 1.22. The van der Waals surface area contributed by atoms with Crippen molar-refractivity contribution in [2.24, 2.45) is 0 Å². The Labute approximate surface area is 162 Å². The molecule has 0 saturated carbocycles. The summed E-state index contributed by atoms with van der Waals surface area (Å²) in [5, 5.41) is 11.1. The summed E-state index contributed by atoms with van der Waals surface area (Å²) in [5.74, 6) is -0.293. The van der Waals surface area contributed by atoms with Crippen LogP contribution in [0.3, 0.4) is 0 Å².